The van der Waals surface area contributed by atoms with Crippen molar-refractivity contribution >= 4 is 11.6 Å². The highest BCUT2D eigenvalue weighted by Gasteiger charge is 2.02. The van der Waals surface area contributed by atoms with Gasteiger partial charge in [0.2, 0.25) is 5.91 Å². The summed E-state index contributed by atoms with van der Waals surface area (Å²) in [5, 5.41) is 2.83. The van der Waals surface area contributed by atoms with E-state index in [2.05, 4.69) is 15.3 Å². The number of hydrogen-bond acceptors (Lipinski definition) is 3. The molecule has 0 saturated carbocycles. The van der Waals surface area contributed by atoms with Crippen LogP contribution in [0.4, 0.5) is 5.69 Å². The Kier molecular flexibility index (Phi) is 4.09. The average molecular weight is 244 g/mol. The molecule has 5 nitrogen and oxygen atoms in total. The van der Waals surface area contributed by atoms with Crippen molar-refractivity contribution in [3.63, 3.8) is 0 Å². The zero-order chi connectivity index (χ0) is 12.8. The van der Waals surface area contributed by atoms with Gasteiger partial charge < -0.3 is 16.0 Å². The Balaban J connectivity index is 1.98. The molecule has 0 fully saturated rings. The van der Waals surface area contributed by atoms with E-state index in [1.54, 1.807) is 12.5 Å². The minimum Gasteiger partial charge on any atom is -0.345 e. The van der Waals surface area contributed by atoms with Gasteiger partial charge in [-0.15, -0.1) is 0 Å². The van der Waals surface area contributed by atoms with Crippen LogP contribution >= 0.6 is 0 Å². The number of rotatable bonds is 5. The fourth-order valence-electron chi connectivity index (χ4n) is 1.63. The predicted molar refractivity (Wildman–Crippen MR) is 70.9 cm³/mol. The fraction of sp³-hybridized carbons (Fsp3) is 0.231. The lowest BCUT2D eigenvalue weighted by Crippen LogP contribution is -2.13. The van der Waals surface area contributed by atoms with Gasteiger partial charge in [-0.3, -0.25) is 4.79 Å². The summed E-state index contributed by atoms with van der Waals surface area (Å²) in [5.41, 5.74) is 8.14. The van der Waals surface area contributed by atoms with Crippen LogP contribution in [0.3, 0.4) is 0 Å². The maximum atomic E-state index is 11.5. The second-order valence-corrected chi connectivity index (χ2v) is 3.98. The number of aromatic amines is 1. The fourth-order valence-corrected chi connectivity index (χ4v) is 1.63. The summed E-state index contributed by atoms with van der Waals surface area (Å²) in [6.07, 6.45) is 4.56. The molecule has 0 atom stereocenters. The van der Waals surface area contributed by atoms with Crippen molar-refractivity contribution in [3.05, 3.63) is 36.8 Å². The van der Waals surface area contributed by atoms with Crippen molar-refractivity contribution in [2.24, 2.45) is 5.73 Å². The molecule has 1 aromatic heterocycles. The van der Waals surface area contributed by atoms with E-state index in [1.807, 2.05) is 24.3 Å². The lowest BCUT2D eigenvalue weighted by atomic mass is 10.1. The van der Waals surface area contributed by atoms with E-state index >= 15 is 0 Å². The summed E-state index contributed by atoms with van der Waals surface area (Å²) in [5.74, 6) is -0.00487. The highest BCUT2D eigenvalue weighted by molar-refractivity contribution is 5.90. The van der Waals surface area contributed by atoms with Gasteiger partial charge >= 0.3 is 0 Å². The number of nitrogens with two attached hydrogens (primary N) is 1. The van der Waals surface area contributed by atoms with Gasteiger partial charge in [0.05, 0.1) is 18.2 Å². The normalized spacial score (nSPS) is 10.3. The molecule has 0 aliphatic heterocycles. The standard InChI is InChI=1S/C13H16N4O/c14-7-1-2-13(18)17-11-5-3-10(4-6-11)12-8-15-9-16-12/h3-6,8-9H,1-2,7,14H2,(H,15,16)(H,17,18). The first kappa shape index (κ1) is 12.3. The second-order valence-electron chi connectivity index (χ2n) is 3.98. The van der Waals surface area contributed by atoms with Gasteiger partial charge in [-0.1, -0.05) is 12.1 Å². The average Bonchev–Trinajstić information content (AvgIpc) is 2.91. The Morgan fingerprint density at radius 2 is 2.11 bits per heavy atom. The lowest BCUT2D eigenvalue weighted by Gasteiger charge is -2.05. The van der Waals surface area contributed by atoms with E-state index in [0.717, 1.165) is 16.9 Å². The number of anilines is 1. The molecule has 94 valence electrons. The van der Waals surface area contributed by atoms with Gasteiger partial charge in [0.1, 0.15) is 0 Å². The number of hydrogen-bond donors (Lipinski definition) is 3. The summed E-state index contributed by atoms with van der Waals surface area (Å²) < 4.78 is 0. The van der Waals surface area contributed by atoms with Crippen molar-refractivity contribution in [1.29, 1.82) is 0 Å². The molecule has 5 heteroatoms. The number of H-pyrrole nitrogens is 1. The van der Waals surface area contributed by atoms with Crippen LogP contribution in [0.5, 0.6) is 0 Å². The minimum absolute atomic E-state index is 0.00487. The summed E-state index contributed by atoms with van der Waals surface area (Å²) in [6.45, 7) is 0.534. The van der Waals surface area contributed by atoms with Crippen LogP contribution in [-0.2, 0) is 4.79 Å². The van der Waals surface area contributed by atoms with Crippen LogP contribution in [-0.4, -0.2) is 22.4 Å². The van der Waals surface area contributed by atoms with Crippen LogP contribution in [0.2, 0.25) is 0 Å². The summed E-state index contributed by atoms with van der Waals surface area (Å²) >= 11 is 0. The maximum absolute atomic E-state index is 11.5. The van der Waals surface area contributed by atoms with E-state index < -0.39 is 0 Å². The van der Waals surface area contributed by atoms with Crippen molar-refractivity contribution < 1.29 is 4.79 Å². The van der Waals surface area contributed by atoms with Crippen LogP contribution in [0.1, 0.15) is 12.8 Å². The molecule has 0 radical (unpaired) electrons. The van der Waals surface area contributed by atoms with Gasteiger partial charge in [0.15, 0.2) is 0 Å². The van der Waals surface area contributed by atoms with Gasteiger partial charge in [-0.2, -0.15) is 0 Å². The molecule has 0 aliphatic carbocycles. The number of nitrogens with one attached hydrogen (secondary N) is 2. The highest BCUT2D eigenvalue weighted by Crippen LogP contribution is 2.18. The summed E-state index contributed by atoms with van der Waals surface area (Å²) in [4.78, 5) is 18.5. The zero-order valence-corrected chi connectivity index (χ0v) is 10.0. The Morgan fingerprint density at radius 3 is 2.72 bits per heavy atom. The quantitative estimate of drug-likeness (QED) is 0.749. The predicted octanol–water partition coefficient (Wildman–Crippen LogP) is 1.75. The Bertz CT molecular complexity index is 490. The zero-order valence-electron chi connectivity index (χ0n) is 10.0. The third-order valence-electron chi connectivity index (χ3n) is 2.59. The Morgan fingerprint density at radius 1 is 1.33 bits per heavy atom. The molecule has 1 heterocycles. The molecule has 0 saturated heterocycles. The maximum Gasteiger partial charge on any atom is 0.224 e. The van der Waals surface area contributed by atoms with Gasteiger partial charge in [-0.05, 0) is 30.7 Å². The molecule has 1 aromatic carbocycles. The molecule has 2 aromatic rings. The number of amides is 1. The smallest absolute Gasteiger partial charge is 0.224 e. The number of carbonyl (C=O) groups excluding carboxylic acids is 1. The molecular weight excluding hydrogens is 228 g/mol. The Hall–Kier alpha value is -2.14. The molecule has 1 amide bonds. The van der Waals surface area contributed by atoms with Crippen LogP contribution < -0.4 is 11.1 Å². The number of imidazole rings is 1. The second kappa shape index (κ2) is 5.97. The van der Waals surface area contributed by atoms with Crippen molar-refractivity contribution in [2.75, 3.05) is 11.9 Å². The van der Waals surface area contributed by atoms with E-state index in [-0.39, 0.29) is 5.91 Å². The monoisotopic (exact) mass is 244 g/mol. The molecule has 2 rings (SSSR count). The Labute approximate surface area is 105 Å². The number of aromatic nitrogens is 2. The summed E-state index contributed by atoms with van der Waals surface area (Å²) in [7, 11) is 0. The first-order valence-corrected chi connectivity index (χ1v) is 5.88. The molecule has 0 spiro atoms. The van der Waals surface area contributed by atoms with Gasteiger partial charge in [0, 0.05) is 12.1 Å². The molecule has 0 bridgehead atoms. The van der Waals surface area contributed by atoms with E-state index in [9.17, 15) is 4.79 Å². The van der Waals surface area contributed by atoms with Crippen molar-refractivity contribution in [1.82, 2.24) is 9.97 Å². The first-order valence-electron chi connectivity index (χ1n) is 5.88. The molecule has 0 aliphatic rings. The van der Waals surface area contributed by atoms with Crippen molar-refractivity contribution in [2.45, 2.75) is 12.8 Å². The highest BCUT2D eigenvalue weighted by atomic mass is 16.1. The van der Waals surface area contributed by atoms with Gasteiger partial charge in [-0.25, -0.2) is 4.98 Å². The molecule has 4 N–H and O–H groups in total. The van der Waals surface area contributed by atoms with Gasteiger partial charge in [0.25, 0.3) is 0 Å². The van der Waals surface area contributed by atoms with Crippen molar-refractivity contribution in [3.8, 4) is 11.3 Å². The summed E-state index contributed by atoms with van der Waals surface area (Å²) in [6, 6.07) is 7.62. The topological polar surface area (TPSA) is 83.8 Å². The van der Waals surface area contributed by atoms with Crippen LogP contribution in [0.25, 0.3) is 11.3 Å². The third kappa shape index (κ3) is 3.18. The number of carbonyl (C=O) groups is 1. The van der Waals surface area contributed by atoms with E-state index in [4.69, 9.17) is 5.73 Å². The first-order chi connectivity index (χ1) is 8.79. The molecule has 18 heavy (non-hydrogen) atoms. The SMILES string of the molecule is NCCCC(=O)Nc1ccc(-c2cnc[nH]2)cc1. The third-order valence-corrected chi connectivity index (χ3v) is 2.59. The number of benzene rings is 1. The minimum atomic E-state index is -0.00487. The van der Waals surface area contributed by atoms with Crippen LogP contribution in [0.15, 0.2) is 36.8 Å². The molecule has 0 unspecified atom stereocenters. The lowest BCUT2D eigenvalue weighted by molar-refractivity contribution is -0.116. The van der Waals surface area contributed by atoms with E-state index in [1.165, 1.54) is 0 Å². The largest absolute Gasteiger partial charge is 0.345 e. The van der Waals surface area contributed by atoms with E-state index in [0.29, 0.717) is 19.4 Å². The number of nitrogens with zero attached hydrogens (tertiary/aromatic N) is 1. The molecular formula is C13H16N4O. The van der Waals surface area contributed by atoms with Crippen LogP contribution in [0, 0.1) is 0 Å².